The molecule has 1 saturated heterocycles. The third kappa shape index (κ3) is 4.33. The average Bonchev–Trinajstić information content (AvgIpc) is 2.61. The minimum absolute atomic E-state index is 0.761. The molecular weight excluding hydrogens is 274 g/mol. The van der Waals surface area contributed by atoms with Gasteiger partial charge in [-0.05, 0) is 35.7 Å². The van der Waals surface area contributed by atoms with Gasteiger partial charge in [-0.3, -0.25) is 4.90 Å². The Labute approximate surface area is 132 Å². The van der Waals surface area contributed by atoms with E-state index in [1.807, 2.05) is 24.3 Å². The summed E-state index contributed by atoms with van der Waals surface area (Å²) in [5.74, 6) is 0.938. The lowest BCUT2D eigenvalue weighted by molar-refractivity contribution is 0.0358. The number of morpholine rings is 1. The highest BCUT2D eigenvalue weighted by Crippen LogP contribution is 2.21. The zero-order chi connectivity index (χ0) is 15.0. The zero-order valence-corrected chi connectivity index (χ0v) is 12.8. The van der Waals surface area contributed by atoms with Gasteiger partial charge < -0.3 is 9.47 Å². The second-order valence-electron chi connectivity index (χ2n) is 5.47. The van der Waals surface area contributed by atoms with Crippen LogP contribution in [0.1, 0.15) is 6.42 Å². The minimum atomic E-state index is 0.761. The van der Waals surface area contributed by atoms with Crippen molar-refractivity contribution in [3.8, 4) is 16.9 Å². The number of ether oxygens (including phenoxy) is 2. The smallest absolute Gasteiger partial charge is 0.119 e. The van der Waals surface area contributed by atoms with Gasteiger partial charge in [0.1, 0.15) is 5.75 Å². The predicted molar refractivity (Wildman–Crippen MR) is 88.1 cm³/mol. The maximum Gasteiger partial charge on any atom is 0.119 e. The molecule has 1 heterocycles. The summed E-state index contributed by atoms with van der Waals surface area (Å²) in [6.07, 6.45) is 1.05. The Morgan fingerprint density at radius 3 is 2.36 bits per heavy atom. The normalized spacial score (nSPS) is 15.6. The van der Waals surface area contributed by atoms with E-state index in [0.717, 1.165) is 51.6 Å². The van der Waals surface area contributed by atoms with Crippen LogP contribution < -0.4 is 4.74 Å². The number of hydrogen-bond acceptors (Lipinski definition) is 3. The van der Waals surface area contributed by atoms with Gasteiger partial charge in [0.2, 0.25) is 0 Å². The van der Waals surface area contributed by atoms with Crippen LogP contribution in [0.5, 0.6) is 5.75 Å². The highest BCUT2D eigenvalue weighted by Gasteiger charge is 2.09. The predicted octanol–water partition coefficient (Wildman–Crippen LogP) is 3.25. The third-order valence-electron chi connectivity index (χ3n) is 3.90. The second-order valence-corrected chi connectivity index (χ2v) is 5.47. The van der Waals surface area contributed by atoms with Crippen molar-refractivity contribution < 1.29 is 9.47 Å². The topological polar surface area (TPSA) is 21.7 Å². The molecule has 0 amide bonds. The first-order valence-electron chi connectivity index (χ1n) is 7.91. The number of rotatable bonds is 6. The Morgan fingerprint density at radius 1 is 0.955 bits per heavy atom. The van der Waals surface area contributed by atoms with Crippen molar-refractivity contribution in [1.29, 1.82) is 0 Å². The largest absolute Gasteiger partial charge is 0.494 e. The highest BCUT2D eigenvalue weighted by molar-refractivity contribution is 5.63. The van der Waals surface area contributed by atoms with E-state index in [0.29, 0.717) is 0 Å². The van der Waals surface area contributed by atoms with Gasteiger partial charge in [-0.1, -0.05) is 36.4 Å². The molecule has 0 N–H and O–H groups in total. The van der Waals surface area contributed by atoms with Gasteiger partial charge in [0.15, 0.2) is 0 Å². The van der Waals surface area contributed by atoms with Crippen LogP contribution in [0.2, 0.25) is 0 Å². The maximum atomic E-state index is 5.82. The summed E-state index contributed by atoms with van der Waals surface area (Å²) in [5, 5.41) is 0. The van der Waals surface area contributed by atoms with Gasteiger partial charge in [0.25, 0.3) is 0 Å². The van der Waals surface area contributed by atoms with Gasteiger partial charge in [-0.2, -0.15) is 0 Å². The molecule has 2 aromatic carbocycles. The molecule has 0 aromatic heterocycles. The van der Waals surface area contributed by atoms with E-state index in [4.69, 9.17) is 9.47 Å². The van der Waals surface area contributed by atoms with Gasteiger partial charge in [-0.25, -0.2) is 0 Å². The SMILES string of the molecule is [c]1ccc(-c2ccc(OCCCN3CCOCC3)cc2)cc1. The van der Waals surface area contributed by atoms with E-state index in [9.17, 15) is 0 Å². The van der Waals surface area contributed by atoms with Gasteiger partial charge in [-0.15, -0.1) is 0 Å². The summed E-state index contributed by atoms with van der Waals surface area (Å²) >= 11 is 0. The lowest BCUT2D eigenvalue weighted by Crippen LogP contribution is -2.37. The fourth-order valence-electron chi connectivity index (χ4n) is 2.63. The maximum absolute atomic E-state index is 5.82. The summed E-state index contributed by atoms with van der Waals surface area (Å²) in [6, 6.07) is 19.3. The molecule has 1 aliphatic heterocycles. The molecule has 0 unspecified atom stereocenters. The van der Waals surface area contributed by atoms with Crippen molar-refractivity contribution in [2.45, 2.75) is 6.42 Å². The molecule has 22 heavy (non-hydrogen) atoms. The summed E-state index contributed by atoms with van der Waals surface area (Å²) in [7, 11) is 0. The number of benzene rings is 2. The molecule has 2 aromatic rings. The standard InChI is InChI=1S/C19H22NO2/c1-2-5-17(6-3-1)18-7-9-19(10-8-18)22-14-4-11-20-12-15-21-16-13-20/h2-3,5-10H,4,11-16H2. The van der Waals surface area contributed by atoms with E-state index in [2.05, 4.69) is 35.2 Å². The lowest BCUT2D eigenvalue weighted by Gasteiger charge is -2.26. The molecule has 3 nitrogen and oxygen atoms in total. The molecule has 1 fully saturated rings. The fraction of sp³-hybridized carbons (Fsp3) is 0.368. The van der Waals surface area contributed by atoms with E-state index in [1.165, 1.54) is 11.1 Å². The number of hydrogen-bond donors (Lipinski definition) is 0. The highest BCUT2D eigenvalue weighted by atomic mass is 16.5. The third-order valence-corrected chi connectivity index (χ3v) is 3.90. The molecule has 3 heteroatoms. The molecule has 0 saturated carbocycles. The molecule has 0 bridgehead atoms. The first kappa shape index (κ1) is 15.1. The van der Waals surface area contributed by atoms with Crippen molar-refractivity contribution in [2.75, 3.05) is 39.5 Å². The molecule has 1 radical (unpaired) electrons. The Morgan fingerprint density at radius 2 is 1.64 bits per heavy atom. The van der Waals surface area contributed by atoms with E-state index >= 15 is 0 Å². The summed E-state index contributed by atoms with van der Waals surface area (Å²) in [5.41, 5.74) is 2.41. The molecular formula is C19H22NO2. The van der Waals surface area contributed by atoms with Gasteiger partial charge in [0.05, 0.1) is 19.8 Å². The van der Waals surface area contributed by atoms with Crippen molar-refractivity contribution in [3.63, 3.8) is 0 Å². The molecule has 115 valence electrons. The van der Waals surface area contributed by atoms with E-state index < -0.39 is 0 Å². The second kappa shape index (κ2) is 7.97. The Kier molecular flexibility index (Phi) is 5.46. The van der Waals surface area contributed by atoms with Crippen molar-refractivity contribution >= 4 is 0 Å². The lowest BCUT2D eigenvalue weighted by atomic mass is 10.1. The van der Waals surface area contributed by atoms with E-state index in [1.54, 1.807) is 0 Å². The molecule has 0 atom stereocenters. The molecule has 1 aliphatic rings. The van der Waals surface area contributed by atoms with Crippen LogP contribution in [0.25, 0.3) is 11.1 Å². The van der Waals surface area contributed by atoms with Crippen molar-refractivity contribution in [1.82, 2.24) is 4.90 Å². The Balaban J connectivity index is 1.43. The average molecular weight is 296 g/mol. The van der Waals surface area contributed by atoms with Crippen LogP contribution in [0, 0.1) is 6.07 Å². The van der Waals surface area contributed by atoms with E-state index in [-0.39, 0.29) is 0 Å². The van der Waals surface area contributed by atoms with Crippen LogP contribution in [-0.4, -0.2) is 44.4 Å². The quantitative estimate of drug-likeness (QED) is 0.764. The van der Waals surface area contributed by atoms with Crippen molar-refractivity contribution in [3.05, 3.63) is 54.6 Å². The van der Waals surface area contributed by atoms with Crippen LogP contribution in [-0.2, 0) is 4.74 Å². The van der Waals surface area contributed by atoms with Crippen LogP contribution >= 0.6 is 0 Å². The first-order chi connectivity index (χ1) is 10.9. The van der Waals surface area contributed by atoms with Crippen LogP contribution in [0.3, 0.4) is 0 Å². The zero-order valence-electron chi connectivity index (χ0n) is 12.8. The molecule has 3 rings (SSSR count). The number of nitrogens with zero attached hydrogens (tertiary/aromatic N) is 1. The molecule has 0 aliphatic carbocycles. The van der Waals surface area contributed by atoms with Gasteiger partial charge >= 0.3 is 0 Å². The first-order valence-corrected chi connectivity index (χ1v) is 7.91. The summed E-state index contributed by atoms with van der Waals surface area (Å²) < 4.78 is 11.2. The van der Waals surface area contributed by atoms with Crippen LogP contribution in [0.15, 0.2) is 48.5 Å². The Bertz CT molecular complexity index is 547. The van der Waals surface area contributed by atoms with Crippen molar-refractivity contribution in [2.24, 2.45) is 0 Å². The van der Waals surface area contributed by atoms with Gasteiger partial charge in [0, 0.05) is 19.6 Å². The van der Waals surface area contributed by atoms with Crippen LogP contribution in [0.4, 0.5) is 0 Å². The molecule has 0 spiro atoms. The monoisotopic (exact) mass is 296 g/mol. The fourth-order valence-corrected chi connectivity index (χ4v) is 2.63. The Hall–Kier alpha value is -1.84. The summed E-state index contributed by atoms with van der Waals surface area (Å²) in [4.78, 5) is 2.43. The minimum Gasteiger partial charge on any atom is -0.494 e. The summed E-state index contributed by atoms with van der Waals surface area (Å²) in [6.45, 7) is 5.66.